The van der Waals surface area contributed by atoms with Gasteiger partial charge in [0, 0.05) is 23.8 Å². The van der Waals surface area contributed by atoms with Crippen LogP contribution in [0.5, 0.6) is 0 Å². The Labute approximate surface area is 136 Å². The fourth-order valence-electron chi connectivity index (χ4n) is 3.84. The molecule has 0 saturated carbocycles. The van der Waals surface area contributed by atoms with Crippen LogP contribution in [0.1, 0.15) is 34.7 Å². The van der Waals surface area contributed by atoms with Crippen LogP contribution >= 0.6 is 11.3 Å². The summed E-state index contributed by atoms with van der Waals surface area (Å²) in [5, 5.41) is 3.39. The van der Waals surface area contributed by atoms with E-state index in [1.165, 1.54) is 42.2 Å². The first-order chi connectivity index (χ1) is 10.8. The second kappa shape index (κ2) is 5.64. The third-order valence-corrected chi connectivity index (χ3v) is 6.00. The highest BCUT2D eigenvalue weighted by molar-refractivity contribution is 7.09. The Kier molecular flexibility index (Phi) is 3.63. The van der Waals surface area contributed by atoms with Gasteiger partial charge in [0.25, 0.3) is 0 Å². The molecule has 114 valence electrons. The van der Waals surface area contributed by atoms with Crippen molar-refractivity contribution in [2.45, 2.75) is 31.6 Å². The van der Waals surface area contributed by atoms with E-state index in [-0.39, 0.29) is 0 Å². The molecule has 4 rings (SSSR count). The minimum absolute atomic E-state index is 0.310. The van der Waals surface area contributed by atoms with E-state index in [0.29, 0.717) is 5.41 Å². The first-order valence-corrected chi connectivity index (χ1v) is 9.05. The fraction of sp³-hybridized carbons (Fsp3) is 0.421. The van der Waals surface area contributed by atoms with Crippen molar-refractivity contribution in [1.29, 1.82) is 0 Å². The molecule has 2 heterocycles. The topological polar surface area (TPSA) is 16.1 Å². The molecule has 1 aromatic carbocycles. The van der Waals surface area contributed by atoms with Crippen molar-refractivity contribution in [3.05, 3.63) is 57.6 Å². The Morgan fingerprint density at radius 3 is 2.82 bits per heavy atom. The standard InChI is InChI=1S/C19H22N2S/c1-15-20-17(14-22-15)7-11-21-12-9-19(10-13-21)8-6-16-4-2-3-5-18(16)19/h2-6,8,14H,7,9-13H2,1H3. The lowest BCUT2D eigenvalue weighted by molar-refractivity contribution is 0.186. The number of nitrogens with zero attached hydrogens (tertiary/aromatic N) is 2. The number of rotatable bonds is 3. The minimum Gasteiger partial charge on any atom is -0.303 e. The van der Waals surface area contributed by atoms with Crippen molar-refractivity contribution in [1.82, 2.24) is 9.88 Å². The van der Waals surface area contributed by atoms with Crippen LogP contribution < -0.4 is 0 Å². The van der Waals surface area contributed by atoms with E-state index in [2.05, 4.69) is 58.6 Å². The van der Waals surface area contributed by atoms with E-state index in [9.17, 15) is 0 Å². The van der Waals surface area contributed by atoms with Gasteiger partial charge in [0.05, 0.1) is 10.7 Å². The van der Waals surface area contributed by atoms with E-state index in [4.69, 9.17) is 0 Å². The third-order valence-electron chi connectivity index (χ3n) is 5.18. The van der Waals surface area contributed by atoms with Crippen LogP contribution in [0.3, 0.4) is 0 Å². The molecule has 1 aromatic heterocycles. The second-order valence-corrected chi connectivity index (χ2v) is 7.59. The second-order valence-electron chi connectivity index (χ2n) is 6.53. The number of likely N-dealkylation sites (tertiary alicyclic amines) is 1. The molecular weight excluding hydrogens is 288 g/mol. The van der Waals surface area contributed by atoms with Crippen molar-refractivity contribution in [3.8, 4) is 0 Å². The van der Waals surface area contributed by atoms with E-state index >= 15 is 0 Å². The van der Waals surface area contributed by atoms with Crippen molar-refractivity contribution < 1.29 is 0 Å². The SMILES string of the molecule is Cc1nc(CCN2CCC3(C=Cc4ccccc43)CC2)cs1. The highest BCUT2D eigenvalue weighted by Crippen LogP contribution is 2.43. The Bertz CT molecular complexity index is 693. The predicted octanol–water partition coefficient (Wildman–Crippen LogP) is 4.05. The monoisotopic (exact) mass is 310 g/mol. The zero-order valence-corrected chi connectivity index (χ0v) is 13.9. The number of allylic oxidation sites excluding steroid dienone is 1. The highest BCUT2D eigenvalue weighted by atomic mass is 32.1. The van der Waals surface area contributed by atoms with Crippen molar-refractivity contribution in [2.75, 3.05) is 19.6 Å². The van der Waals surface area contributed by atoms with Gasteiger partial charge in [-0.15, -0.1) is 11.3 Å². The molecule has 22 heavy (non-hydrogen) atoms. The maximum Gasteiger partial charge on any atom is 0.0897 e. The van der Waals surface area contributed by atoms with Crippen molar-refractivity contribution >= 4 is 17.4 Å². The molecule has 2 aromatic rings. The summed E-state index contributed by atoms with van der Waals surface area (Å²) in [5.41, 5.74) is 4.54. The van der Waals surface area contributed by atoms with E-state index in [1.807, 2.05) is 0 Å². The number of benzene rings is 1. The highest BCUT2D eigenvalue weighted by Gasteiger charge is 2.37. The Morgan fingerprint density at radius 2 is 2.05 bits per heavy atom. The number of piperidine rings is 1. The lowest BCUT2D eigenvalue weighted by Gasteiger charge is -2.39. The Balaban J connectivity index is 1.38. The molecule has 2 aliphatic rings. The summed E-state index contributed by atoms with van der Waals surface area (Å²) < 4.78 is 0. The summed E-state index contributed by atoms with van der Waals surface area (Å²) in [7, 11) is 0. The molecule has 1 fully saturated rings. The quantitative estimate of drug-likeness (QED) is 0.850. The van der Waals surface area contributed by atoms with E-state index < -0.39 is 0 Å². The van der Waals surface area contributed by atoms with Crippen LogP contribution in [0.2, 0.25) is 0 Å². The van der Waals surface area contributed by atoms with Crippen LogP contribution in [0.15, 0.2) is 35.7 Å². The van der Waals surface area contributed by atoms with Gasteiger partial charge in [-0.1, -0.05) is 36.4 Å². The molecule has 1 saturated heterocycles. The Morgan fingerprint density at radius 1 is 1.23 bits per heavy atom. The van der Waals surface area contributed by atoms with Gasteiger partial charge in [-0.25, -0.2) is 4.98 Å². The zero-order chi connectivity index (χ0) is 15.0. The predicted molar refractivity (Wildman–Crippen MR) is 93.4 cm³/mol. The van der Waals surface area contributed by atoms with Crippen molar-refractivity contribution in [3.63, 3.8) is 0 Å². The third kappa shape index (κ3) is 2.53. The number of hydrogen-bond donors (Lipinski definition) is 0. The molecule has 2 nitrogen and oxygen atoms in total. The summed E-state index contributed by atoms with van der Waals surface area (Å²) in [6.45, 7) is 5.62. The summed E-state index contributed by atoms with van der Waals surface area (Å²) in [5.74, 6) is 0. The molecule has 0 amide bonds. The van der Waals surface area contributed by atoms with E-state index in [0.717, 1.165) is 13.0 Å². The Hall–Kier alpha value is -1.45. The first kappa shape index (κ1) is 14.2. The van der Waals surface area contributed by atoms with Gasteiger partial charge in [0.1, 0.15) is 0 Å². The van der Waals surface area contributed by atoms with Gasteiger partial charge in [0.15, 0.2) is 0 Å². The minimum atomic E-state index is 0.310. The number of thiazole rings is 1. The molecule has 0 atom stereocenters. The number of fused-ring (bicyclic) bond motifs is 2. The summed E-state index contributed by atoms with van der Waals surface area (Å²) in [4.78, 5) is 7.18. The van der Waals surface area contributed by atoms with Crippen LogP contribution in [-0.2, 0) is 11.8 Å². The van der Waals surface area contributed by atoms with Gasteiger partial charge < -0.3 is 4.90 Å². The molecule has 0 radical (unpaired) electrons. The normalized spacial score (nSPS) is 19.7. The molecule has 0 unspecified atom stereocenters. The summed E-state index contributed by atoms with van der Waals surface area (Å²) in [6.07, 6.45) is 8.36. The van der Waals surface area contributed by atoms with Crippen LogP contribution in [-0.4, -0.2) is 29.5 Å². The van der Waals surface area contributed by atoms with Crippen LogP contribution in [0.25, 0.3) is 6.08 Å². The largest absolute Gasteiger partial charge is 0.303 e. The first-order valence-electron chi connectivity index (χ1n) is 8.17. The maximum atomic E-state index is 4.58. The maximum absolute atomic E-state index is 4.58. The summed E-state index contributed by atoms with van der Waals surface area (Å²) in [6, 6.07) is 8.90. The van der Waals surface area contributed by atoms with Gasteiger partial charge in [-0.2, -0.15) is 0 Å². The molecule has 1 aliphatic carbocycles. The molecule has 0 N–H and O–H groups in total. The van der Waals surface area contributed by atoms with Crippen LogP contribution in [0.4, 0.5) is 0 Å². The number of aryl methyl sites for hydroxylation is 1. The zero-order valence-electron chi connectivity index (χ0n) is 13.1. The lowest BCUT2D eigenvalue weighted by atomic mass is 9.74. The average molecular weight is 310 g/mol. The molecular formula is C19H22N2S. The lowest BCUT2D eigenvalue weighted by Crippen LogP contribution is -2.41. The molecule has 1 aliphatic heterocycles. The van der Waals surface area contributed by atoms with Gasteiger partial charge in [-0.05, 0) is 44.0 Å². The smallest absolute Gasteiger partial charge is 0.0897 e. The number of aromatic nitrogens is 1. The van der Waals surface area contributed by atoms with Crippen LogP contribution in [0, 0.1) is 6.92 Å². The fourth-order valence-corrected chi connectivity index (χ4v) is 4.49. The summed E-state index contributed by atoms with van der Waals surface area (Å²) >= 11 is 1.76. The average Bonchev–Trinajstić information content (AvgIpc) is 3.12. The molecule has 3 heteroatoms. The number of hydrogen-bond acceptors (Lipinski definition) is 3. The van der Waals surface area contributed by atoms with Crippen molar-refractivity contribution in [2.24, 2.45) is 0 Å². The van der Waals surface area contributed by atoms with Gasteiger partial charge in [0.2, 0.25) is 0 Å². The molecule has 1 spiro atoms. The van der Waals surface area contributed by atoms with E-state index in [1.54, 1.807) is 16.9 Å². The van der Waals surface area contributed by atoms with Gasteiger partial charge >= 0.3 is 0 Å². The molecule has 0 bridgehead atoms. The van der Waals surface area contributed by atoms with Gasteiger partial charge in [-0.3, -0.25) is 0 Å².